The van der Waals surface area contributed by atoms with E-state index in [1.807, 2.05) is 0 Å². The van der Waals surface area contributed by atoms with Gasteiger partial charge in [0.25, 0.3) is 0 Å². The van der Waals surface area contributed by atoms with Crippen molar-refractivity contribution in [2.24, 2.45) is 5.73 Å². The van der Waals surface area contributed by atoms with E-state index in [1.54, 1.807) is 0 Å². The number of rotatable bonds is 3. The summed E-state index contributed by atoms with van der Waals surface area (Å²) >= 11 is 0.919. The maximum atomic E-state index is 11.2. The third-order valence-electron chi connectivity index (χ3n) is 2.87. The highest BCUT2D eigenvalue weighted by atomic mass is 32.1. The van der Waals surface area contributed by atoms with E-state index in [0.29, 0.717) is 17.7 Å². The number of nitrogens with zero attached hydrogens (tertiary/aromatic N) is 1. The standard InChI is InChI=1S/C9H10N2O4S/c10-5-3-9(4-5,8(12)13)6-1-2-7(16-6)11(14)15/h1-2,5H,3-4,10H2,(H,12,13). The Hall–Kier alpha value is -1.47. The van der Waals surface area contributed by atoms with Crippen molar-refractivity contribution in [1.29, 1.82) is 0 Å². The third-order valence-corrected chi connectivity index (χ3v) is 4.12. The van der Waals surface area contributed by atoms with Crippen LogP contribution < -0.4 is 5.73 Å². The van der Waals surface area contributed by atoms with Crippen molar-refractivity contribution in [2.75, 3.05) is 0 Å². The summed E-state index contributed by atoms with van der Waals surface area (Å²) < 4.78 is 0. The summed E-state index contributed by atoms with van der Waals surface area (Å²) in [5.74, 6) is -0.953. The fourth-order valence-corrected chi connectivity index (χ4v) is 3.02. The predicted octanol–water partition coefficient (Wildman–Crippen LogP) is 1.10. The highest BCUT2D eigenvalue weighted by Crippen LogP contribution is 2.47. The highest BCUT2D eigenvalue weighted by molar-refractivity contribution is 7.15. The number of carboxylic acid groups (broad SMARTS) is 1. The first kappa shape index (κ1) is 11.0. The van der Waals surface area contributed by atoms with Gasteiger partial charge in [-0.25, -0.2) is 0 Å². The second-order valence-electron chi connectivity index (χ2n) is 3.95. The van der Waals surface area contributed by atoms with Crippen LogP contribution in [0.3, 0.4) is 0 Å². The molecule has 86 valence electrons. The number of nitro groups is 1. The Balaban J connectivity index is 2.34. The van der Waals surface area contributed by atoms with Gasteiger partial charge in [0.05, 0.1) is 4.92 Å². The summed E-state index contributed by atoms with van der Waals surface area (Å²) in [5, 5.41) is 19.7. The molecule has 2 rings (SSSR count). The molecule has 0 radical (unpaired) electrons. The summed E-state index contributed by atoms with van der Waals surface area (Å²) in [6, 6.07) is 2.73. The van der Waals surface area contributed by atoms with Gasteiger partial charge in [-0.2, -0.15) is 0 Å². The Morgan fingerprint density at radius 2 is 2.25 bits per heavy atom. The number of aliphatic carboxylic acids is 1. The number of nitrogens with two attached hydrogens (primary N) is 1. The van der Waals surface area contributed by atoms with Crippen LogP contribution in [0, 0.1) is 10.1 Å². The highest BCUT2D eigenvalue weighted by Gasteiger charge is 2.51. The average Bonchev–Trinajstić information content (AvgIpc) is 2.60. The average molecular weight is 242 g/mol. The predicted molar refractivity (Wildman–Crippen MR) is 57.5 cm³/mol. The van der Waals surface area contributed by atoms with Crippen molar-refractivity contribution in [3.8, 4) is 0 Å². The number of carbonyl (C=O) groups is 1. The zero-order valence-corrected chi connectivity index (χ0v) is 9.07. The van der Waals surface area contributed by atoms with Gasteiger partial charge in [0, 0.05) is 17.0 Å². The van der Waals surface area contributed by atoms with Crippen molar-refractivity contribution >= 4 is 22.3 Å². The lowest BCUT2D eigenvalue weighted by molar-refractivity contribution is -0.380. The molecule has 0 amide bonds. The number of hydrogen-bond donors (Lipinski definition) is 2. The van der Waals surface area contributed by atoms with E-state index in [-0.39, 0.29) is 11.0 Å². The van der Waals surface area contributed by atoms with Crippen LogP contribution in [0.2, 0.25) is 0 Å². The molecule has 0 atom stereocenters. The summed E-state index contributed by atoms with van der Waals surface area (Å²) in [7, 11) is 0. The molecule has 0 spiro atoms. The molecule has 1 heterocycles. The van der Waals surface area contributed by atoms with Crippen LogP contribution >= 0.6 is 11.3 Å². The first-order valence-electron chi connectivity index (χ1n) is 4.69. The smallest absolute Gasteiger partial charge is 0.324 e. The van der Waals surface area contributed by atoms with Crippen LogP contribution in [0.1, 0.15) is 17.7 Å². The minimum atomic E-state index is -1.00. The van der Waals surface area contributed by atoms with Crippen molar-refractivity contribution in [3.63, 3.8) is 0 Å². The van der Waals surface area contributed by atoms with Gasteiger partial charge in [-0.15, -0.1) is 0 Å². The van der Waals surface area contributed by atoms with Crippen LogP contribution in [0.15, 0.2) is 12.1 Å². The van der Waals surface area contributed by atoms with Gasteiger partial charge in [-0.1, -0.05) is 11.3 Å². The number of thiophene rings is 1. The van der Waals surface area contributed by atoms with E-state index >= 15 is 0 Å². The Bertz CT molecular complexity index is 450. The molecule has 0 saturated heterocycles. The van der Waals surface area contributed by atoms with E-state index in [1.165, 1.54) is 12.1 Å². The van der Waals surface area contributed by atoms with Crippen molar-refractivity contribution < 1.29 is 14.8 Å². The van der Waals surface area contributed by atoms with E-state index < -0.39 is 16.3 Å². The summed E-state index contributed by atoms with van der Waals surface area (Å²) in [4.78, 5) is 21.7. The second-order valence-corrected chi connectivity index (χ2v) is 5.01. The van der Waals surface area contributed by atoms with E-state index in [9.17, 15) is 20.0 Å². The largest absolute Gasteiger partial charge is 0.481 e. The number of carboxylic acids is 1. The van der Waals surface area contributed by atoms with Gasteiger partial charge < -0.3 is 10.8 Å². The summed E-state index contributed by atoms with van der Waals surface area (Å²) in [6.45, 7) is 0. The minimum Gasteiger partial charge on any atom is -0.481 e. The topological polar surface area (TPSA) is 106 Å². The van der Waals surface area contributed by atoms with E-state index in [2.05, 4.69) is 0 Å². The third kappa shape index (κ3) is 1.48. The van der Waals surface area contributed by atoms with Crippen LogP contribution in [0.5, 0.6) is 0 Å². The Morgan fingerprint density at radius 1 is 1.62 bits per heavy atom. The molecule has 16 heavy (non-hydrogen) atoms. The molecule has 1 aliphatic carbocycles. The molecule has 1 saturated carbocycles. The lowest BCUT2D eigenvalue weighted by Crippen LogP contribution is -2.53. The zero-order chi connectivity index (χ0) is 11.9. The van der Waals surface area contributed by atoms with Crippen molar-refractivity contribution in [2.45, 2.75) is 24.3 Å². The fraction of sp³-hybridized carbons (Fsp3) is 0.444. The molecular weight excluding hydrogens is 232 g/mol. The van der Waals surface area contributed by atoms with Gasteiger partial charge >= 0.3 is 11.0 Å². The molecule has 0 unspecified atom stereocenters. The van der Waals surface area contributed by atoms with E-state index in [0.717, 1.165) is 11.3 Å². The van der Waals surface area contributed by atoms with Crippen LogP contribution in [-0.2, 0) is 10.2 Å². The van der Waals surface area contributed by atoms with Crippen LogP contribution in [0.25, 0.3) is 0 Å². The maximum absolute atomic E-state index is 11.2. The van der Waals surface area contributed by atoms with Crippen LogP contribution in [-0.4, -0.2) is 22.0 Å². The SMILES string of the molecule is NC1CC(C(=O)O)(c2ccc([N+](=O)[O-])s2)C1. The van der Waals surface area contributed by atoms with Gasteiger partial charge in [0.15, 0.2) is 0 Å². The van der Waals surface area contributed by atoms with Gasteiger partial charge in [-0.05, 0) is 18.9 Å². The lowest BCUT2D eigenvalue weighted by Gasteiger charge is -2.41. The molecule has 1 aromatic rings. The summed E-state index contributed by atoms with van der Waals surface area (Å²) in [5.41, 5.74) is 4.60. The van der Waals surface area contributed by atoms with Crippen LogP contribution in [0.4, 0.5) is 5.00 Å². The minimum absolute atomic E-state index is 0.0314. The molecule has 1 aliphatic rings. The van der Waals surface area contributed by atoms with Gasteiger partial charge in [0.1, 0.15) is 5.41 Å². The normalized spacial score (nSPS) is 28.4. The van der Waals surface area contributed by atoms with Gasteiger partial charge in [0.2, 0.25) is 0 Å². The van der Waals surface area contributed by atoms with Crippen molar-refractivity contribution in [3.05, 3.63) is 27.1 Å². The maximum Gasteiger partial charge on any atom is 0.324 e. The Morgan fingerprint density at radius 3 is 2.62 bits per heavy atom. The molecule has 6 nitrogen and oxygen atoms in total. The first-order valence-corrected chi connectivity index (χ1v) is 5.51. The Kier molecular flexibility index (Phi) is 2.43. The quantitative estimate of drug-likeness (QED) is 0.609. The van der Waals surface area contributed by atoms with Gasteiger partial charge in [-0.3, -0.25) is 14.9 Å². The molecule has 1 aromatic heterocycles. The number of hydrogen-bond acceptors (Lipinski definition) is 5. The summed E-state index contributed by atoms with van der Waals surface area (Å²) in [6.07, 6.45) is 0.694. The zero-order valence-electron chi connectivity index (χ0n) is 8.25. The molecule has 1 fully saturated rings. The molecule has 0 bridgehead atoms. The molecule has 7 heteroatoms. The molecule has 3 N–H and O–H groups in total. The lowest BCUT2D eigenvalue weighted by atomic mass is 9.65. The fourth-order valence-electron chi connectivity index (χ4n) is 2.00. The molecular formula is C9H10N2O4S. The molecule has 0 aliphatic heterocycles. The Labute approximate surface area is 94.8 Å². The van der Waals surface area contributed by atoms with Crippen molar-refractivity contribution in [1.82, 2.24) is 0 Å². The first-order chi connectivity index (χ1) is 7.45. The monoisotopic (exact) mass is 242 g/mol. The second kappa shape index (κ2) is 3.53. The molecule has 0 aromatic carbocycles. The van der Waals surface area contributed by atoms with E-state index in [4.69, 9.17) is 5.73 Å².